The number of benzene rings is 1. The summed E-state index contributed by atoms with van der Waals surface area (Å²) in [5, 5.41) is 3.82. The monoisotopic (exact) mass is 322 g/mol. The van der Waals surface area contributed by atoms with Crippen LogP contribution in [0.2, 0.25) is 0 Å². The Morgan fingerprint density at radius 2 is 2.08 bits per heavy atom. The largest absolute Gasteiger partial charge is 0.461 e. The second-order valence-electron chi connectivity index (χ2n) is 5.42. The maximum absolute atomic E-state index is 12.5. The van der Waals surface area contributed by atoms with Gasteiger partial charge in [0.05, 0.1) is 23.8 Å². The SMILES string of the molecule is CN(Cc1nc2ccccc2[nH]1)C(=O)c1cc(-c2ccco2)on1. The standard InChI is InChI=1S/C17H14N4O3/c1-21(10-16-18-11-5-2-3-6-12(11)19-16)17(22)13-9-15(24-20-13)14-7-4-8-23-14/h2-9H,10H2,1H3,(H,18,19). The van der Waals surface area contributed by atoms with Crippen molar-refractivity contribution in [3.63, 3.8) is 0 Å². The molecule has 0 aliphatic rings. The van der Waals surface area contributed by atoms with Crippen LogP contribution in [-0.2, 0) is 6.54 Å². The maximum Gasteiger partial charge on any atom is 0.276 e. The quantitative estimate of drug-likeness (QED) is 0.624. The van der Waals surface area contributed by atoms with Crippen molar-refractivity contribution in [2.45, 2.75) is 6.54 Å². The fourth-order valence-electron chi connectivity index (χ4n) is 2.48. The third-order valence-electron chi connectivity index (χ3n) is 3.67. The Hall–Kier alpha value is -3.35. The van der Waals surface area contributed by atoms with Crippen LogP contribution >= 0.6 is 0 Å². The van der Waals surface area contributed by atoms with E-state index in [1.165, 1.54) is 11.2 Å². The van der Waals surface area contributed by atoms with Gasteiger partial charge in [-0.2, -0.15) is 0 Å². The van der Waals surface area contributed by atoms with Crippen molar-refractivity contribution < 1.29 is 13.7 Å². The molecule has 0 bridgehead atoms. The number of rotatable bonds is 4. The minimum Gasteiger partial charge on any atom is -0.461 e. The summed E-state index contributed by atoms with van der Waals surface area (Å²) in [4.78, 5) is 21.7. The van der Waals surface area contributed by atoms with Gasteiger partial charge in [0.15, 0.2) is 11.5 Å². The first-order chi connectivity index (χ1) is 11.7. The second-order valence-corrected chi connectivity index (χ2v) is 5.42. The Balaban J connectivity index is 1.51. The molecule has 0 unspecified atom stereocenters. The normalized spacial score (nSPS) is 11.0. The highest BCUT2D eigenvalue weighted by molar-refractivity contribution is 5.92. The fraction of sp³-hybridized carbons (Fsp3) is 0.118. The molecule has 0 saturated heterocycles. The van der Waals surface area contributed by atoms with Crippen molar-refractivity contribution >= 4 is 16.9 Å². The molecule has 0 radical (unpaired) electrons. The van der Waals surface area contributed by atoms with E-state index in [9.17, 15) is 4.79 Å². The number of aromatic nitrogens is 3. The molecule has 4 aromatic rings. The number of imidazole rings is 1. The first-order valence-corrected chi connectivity index (χ1v) is 7.40. The lowest BCUT2D eigenvalue weighted by Gasteiger charge is -2.13. The van der Waals surface area contributed by atoms with Gasteiger partial charge in [0, 0.05) is 13.1 Å². The molecule has 0 spiro atoms. The molecule has 24 heavy (non-hydrogen) atoms. The molecule has 0 aliphatic carbocycles. The second kappa shape index (κ2) is 5.69. The number of carbonyl (C=O) groups is 1. The van der Waals surface area contributed by atoms with Crippen LogP contribution in [0.5, 0.6) is 0 Å². The van der Waals surface area contributed by atoms with E-state index in [-0.39, 0.29) is 11.6 Å². The highest BCUT2D eigenvalue weighted by Crippen LogP contribution is 2.21. The molecule has 0 aliphatic heterocycles. The Kier molecular flexibility index (Phi) is 3.38. The maximum atomic E-state index is 12.5. The Morgan fingerprint density at radius 3 is 2.88 bits per heavy atom. The van der Waals surface area contributed by atoms with Gasteiger partial charge in [0.2, 0.25) is 5.76 Å². The number of nitrogens with zero attached hydrogens (tertiary/aromatic N) is 3. The predicted molar refractivity (Wildman–Crippen MR) is 86.1 cm³/mol. The van der Waals surface area contributed by atoms with Crippen molar-refractivity contribution in [1.82, 2.24) is 20.0 Å². The molecule has 0 saturated carbocycles. The number of hydrogen-bond donors (Lipinski definition) is 1. The van der Waals surface area contributed by atoms with E-state index in [0.717, 1.165) is 11.0 Å². The minimum atomic E-state index is -0.253. The van der Waals surface area contributed by atoms with Crippen LogP contribution < -0.4 is 0 Å². The molecule has 1 N–H and O–H groups in total. The number of furan rings is 1. The van der Waals surface area contributed by atoms with E-state index in [4.69, 9.17) is 8.94 Å². The predicted octanol–water partition coefficient (Wildman–Crippen LogP) is 3.08. The van der Waals surface area contributed by atoms with Gasteiger partial charge in [0.1, 0.15) is 5.82 Å². The lowest BCUT2D eigenvalue weighted by atomic mass is 10.3. The van der Waals surface area contributed by atoms with Crippen molar-refractivity contribution in [3.8, 4) is 11.5 Å². The molecular formula is C17H14N4O3. The zero-order valence-corrected chi connectivity index (χ0v) is 12.9. The van der Waals surface area contributed by atoms with Crippen LogP contribution in [0.3, 0.4) is 0 Å². The van der Waals surface area contributed by atoms with E-state index in [1.807, 2.05) is 24.3 Å². The van der Waals surface area contributed by atoms with Gasteiger partial charge in [-0.1, -0.05) is 17.3 Å². The number of amides is 1. The summed E-state index contributed by atoms with van der Waals surface area (Å²) in [6, 6.07) is 12.8. The van der Waals surface area contributed by atoms with E-state index < -0.39 is 0 Å². The molecule has 0 atom stereocenters. The van der Waals surface area contributed by atoms with Crippen LogP contribution in [-0.4, -0.2) is 33.0 Å². The van der Waals surface area contributed by atoms with Gasteiger partial charge >= 0.3 is 0 Å². The van der Waals surface area contributed by atoms with Crippen molar-refractivity contribution in [3.05, 3.63) is 60.2 Å². The van der Waals surface area contributed by atoms with Crippen LogP contribution in [0.25, 0.3) is 22.6 Å². The van der Waals surface area contributed by atoms with E-state index in [1.54, 1.807) is 25.2 Å². The molecule has 120 valence electrons. The third-order valence-corrected chi connectivity index (χ3v) is 3.67. The molecule has 1 aromatic carbocycles. The number of aromatic amines is 1. The molecule has 3 heterocycles. The highest BCUT2D eigenvalue weighted by atomic mass is 16.5. The lowest BCUT2D eigenvalue weighted by Crippen LogP contribution is -2.26. The smallest absolute Gasteiger partial charge is 0.276 e. The van der Waals surface area contributed by atoms with Crippen LogP contribution in [0.4, 0.5) is 0 Å². The number of hydrogen-bond acceptors (Lipinski definition) is 5. The summed E-state index contributed by atoms with van der Waals surface area (Å²) >= 11 is 0. The van der Waals surface area contributed by atoms with Gasteiger partial charge in [-0.05, 0) is 24.3 Å². The van der Waals surface area contributed by atoms with Crippen LogP contribution in [0, 0.1) is 0 Å². The van der Waals surface area contributed by atoms with Crippen molar-refractivity contribution in [2.24, 2.45) is 0 Å². The van der Waals surface area contributed by atoms with E-state index in [0.29, 0.717) is 23.9 Å². The Morgan fingerprint density at radius 1 is 1.21 bits per heavy atom. The zero-order chi connectivity index (χ0) is 16.5. The fourth-order valence-corrected chi connectivity index (χ4v) is 2.48. The molecule has 4 rings (SSSR count). The number of carbonyl (C=O) groups excluding carboxylic acids is 1. The summed E-state index contributed by atoms with van der Waals surface area (Å²) in [6.45, 7) is 0.344. The average Bonchev–Trinajstić information content (AvgIpc) is 3.32. The summed E-state index contributed by atoms with van der Waals surface area (Å²) in [5.74, 6) is 1.40. The van der Waals surface area contributed by atoms with Crippen molar-refractivity contribution in [1.29, 1.82) is 0 Å². The first kappa shape index (κ1) is 14.3. The summed E-state index contributed by atoms with van der Waals surface area (Å²) in [6.07, 6.45) is 1.53. The summed E-state index contributed by atoms with van der Waals surface area (Å²) in [5.41, 5.74) is 2.03. The van der Waals surface area contributed by atoms with Gasteiger partial charge in [-0.25, -0.2) is 4.98 Å². The highest BCUT2D eigenvalue weighted by Gasteiger charge is 2.19. The summed E-state index contributed by atoms with van der Waals surface area (Å²) < 4.78 is 10.4. The van der Waals surface area contributed by atoms with Gasteiger partial charge in [0.25, 0.3) is 5.91 Å². The Bertz CT molecular complexity index is 951. The van der Waals surface area contributed by atoms with Gasteiger partial charge in [-0.3, -0.25) is 4.79 Å². The number of H-pyrrole nitrogens is 1. The number of para-hydroxylation sites is 2. The molecule has 7 heteroatoms. The number of fused-ring (bicyclic) bond motifs is 1. The lowest BCUT2D eigenvalue weighted by molar-refractivity contribution is 0.0771. The minimum absolute atomic E-state index is 0.222. The number of nitrogens with one attached hydrogen (secondary N) is 1. The molecule has 0 fully saturated rings. The first-order valence-electron chi connectivity index (χ1n) is 7.40. The zero-order valence-electron chi connectivity index (χ0n) is 12.9. The topological polar surface area (TPSA) is 88.2 Å². The Labute approximate surface area is 136 Å². The van der Waals surface area contributed by atoms with E-state index >= 15 is 0 Å². The molecule has 7 nitrogen and oxygen atoms in total. The van der Waals surface area contributed by atoms with Gasteiger partial charge in [-0.15, -0.1) is 0 Å². The average molecular weight is 322 g/mol. The summed E-state index contributed by atoms with van der Waals surface area (Å²) in [7, 11) is 1.69. The third kappa shape index (κ3) is 2.56. The van der Waals surface area contributed by atoms with Crippen molar-refractivity contribution in [2.75, 3.05) is 7.05 Å². The van der Waals surface area contributed by atoms with Crippen LogP contribution in [0.1, 0.15) is 16.3 Å². The van der Waals surface area contributed by atoms with Crippen LogP contribution in [0.15, 0.2) is 57.7 Å². The molecule has 1 amide bonds. The molecule has 3 aromatic heterocycles. The van der Waals surface area contributed by atoms with E-state index in [2.05, 4.69) is 15.1 Å². The molecular weight excluding hydrogens is 308 g/mol. The van der Waals surface area contributed by atoms with Gasteiger partial charge < -0.3 is 18.8 Å².